The molecule has 1 saturated heterocycles. The third-order valence-electron chi connectivity index (χ3n) is 5.36. The molecule has 0 aliphatic carbocycles. The molecule has 0 radical (unpaired) electrons. The molecule has 3 aromatic rings. The molecule has 2 aromatic carbocycles. The Balaban J connectivity index is 1.58. The Kier molecular flexibility index (Phi) is 6.96. The molecular weight excluding hydrogens is 465 g/mol. The van der Waals surface area contributed by atoms with Crippen molar-refractivity contribution in [2.75, 3.05) is 41.3 Å². The van der Waals surface area contributed by atoms with E-state index < -0.39 is 5.97 Å². The second kappa shape index (κ2) is 10.1. The SMILES string of the molecule is O=C(O)c1ccc(N2CCCN(c3ccc(Cl)nn3)CC2)c(NC(=O)c2cccc(Cl)c2)c1. The molecule has 0 bridgehead atoms. The molecule has 1 aromatic heterocycles. The van der Waals surface area contributed by atoms with Gasteiger partial charge in [0.05, 0.1) is 16.9 Å². The molecule has 8 nitrogen and oxygen atoms in total. The quantitative estimate of drug-likeness (QED) is 0.550. The van der Waals surface area contributed by atoms with Gasteiger partial charge in [0.1, 0.15) is 0 Å². The topological polar surface area (TPSA) is 98.7 Å². The molecule has 0 unspecified atom stereocenters. The number of hydrogen-bond acceptors (Lipinski definition) is 6. The van der Waals surface area contributed by atoms with E-state index in [0.717, 1.165) is 31.0 Å². The Bertz CT molecular complexity index is 1170. The number of rotatable bonds is 5. The summed E-state index contributed by atoms with van der Waals surface area (Å²) in [6.45, 7) is 2.84. The zero-order chi connectivity index (χ0) is 23.4. The van der Waals surface area contributed by atoms with Crippen LogP contribution in [0.2, 0.25) is 10.2 Å². The largest absolute Gasteiger partial charge is 0.478 e. The number of nitrogens with zero attached hydrogens (tertiary/aromatic N) is 4. The lowest BCUT2D eigenvalue weighted by atomic mass is 10.1. The Morgan fingerprint density at radius 1 is 0.879 bits per heavy atom. The van der Waals surface area contributed by atoms with Crippen molar-refractivity contribution in [1.29, 1.82) is 0 Å². The third kappa shape index (κ3) is 5.53. The second-order valence-corrected chi connectivity index (χ2v) is 8.37. The zero-order valence-electron chi connectivity index (χ0n) is 17.5. The zero-order valence-corrected chi connectivity index (χ0v) is 19.1. The van der Waals surface area contributed by atoms with E-state index >= 15 is 0 Å². The summed E-state index contributed by atoms with van der Waals surface area (Å²) in [5.41, 5.74) is 1.66. The fourth-order valence-corrected chi connectivity index (χ4v) is 4.03. The van der Waals surface area contributed by atoms with Crippen LogP contribution in [0.5, 0.6) is 0 Å². The van der Waals surface area contributed by atoms with E-state index in [1.54, 1.807) is 42.5 Å². The van der Waals surface area contributed by atoms with E-state index in [2.05, 4.69) is 25.3 Å². The van der Waals surface area contributed by atoms with Gasteiger partial charge in [-0.2, -0.15) is 0 Å². The molecule has 2 heterocycles. The van der Waals surface area contributed by atoms with Crippen LogP contribution in [0.3, 0.4) is 0 Å². The highest BCUT2D eigenvalue weighted by atomic mass is 35.5. The first-order valence-electron chi connectivity index (χ1n) is 10.3. The van der Waals surface area contributed by atoms with Crippen molar-refractivity contribution in [1.82, 2.24) is 10.2 Å². The van der Waals surface area contributed by atoms with Crippen LogP contribution in [0.25, 0.3) is 0 Å². The number of carbonyl (C=O) groups is 2. The summed E-state index contributed by atoms with van der Waals surface area (Å²) >= 11 is 11.9. The number of anilines is 3. The molecule has 1 fully saturated rings. The van der Waals surface area contributed by atoms with Gasteiger partial charge in [-0.1, -0.05) is 29.3 Å². The van der Waals surface area contributed by atoms with Gasteiger partial charge in [0, 0.05) is 36.8 Å². The number of carboxylic acid groups (broad SMARTS) is 1. The van der Waals surface area contributed by atoms with Gasteiger partial charge in [0.15, 0.2) is 11.0 Å². The van der Waals surface area contributed by atoms with Gasteiger partial charge < -0.3 is 20.2 Å². The lowest BCUT2D eigenvalue weighted by molar-refractivity contribution is 0.0696. The van der Waals surface area contributed by atoms with Crippen LogP contribution in [0, 0.1) is 0 Å². The van der Waals surface area contributed by atoms with Gasteiger partial charge in [0.25, 0.3) is 5.91 Å². The molecule has 0 atom stereocenters. The Morgan fingerprint density at radius 3 is 2.39 bits per heavy atom. The van der Waals surface area contributed by atoms with Crippen LogP contribution in [-0.2, 0) is 0 Å². The molecule has 1 amide bonds. The van der Waals surface area contributed by atoms with Gasteiger partial charge in [-0.3, -0.25) is 4.79 Å². The number of hydrogen-bond donors (Lipinski definition) is 2. The Labute approximate surface area is 200 Å². The number of benzene rings is 2. The average molecular weight is 486 g/mol. The van der Waals surface area contributed by atoms with Crippen molar-refractivity contribution in [2.45, 2.75) is 6.42 Å². The summed E-state index contributed by atoms with van der Waals surface area (Å²) in [6.07, 6.45) is 0.840. The van der Waals surface area contributed by atoms with E-state index in [4.69, 9.17) is 23.2 Å². The highest BCUT2D eigenvalue weighted by Crippen LogP contribution is 2.30. The summed E-state index contributed by atoms with van der Waals surface area (Å²) in [6, 6.07) is 14.9. The van der Waals surface area contributed by atoms with Gasteiger partial charge in [-0.05, 0) is 55.0 Å². The molecule has 2 N–H and O–H groups in total. The molecule has 33 heavy (non-hydrogen) atoms. The lowest BCUT2D eigenvalue weighted by Gasteiger charge is -2.26. The molecule has 170 valence electrons. The Hall–Kier alpha value is -3.36. The highest BCUT2D eigenvalue weighted by Gasteiger charge is 2.21. The highest BCUT2D eigenvalue weighted by molar-refractivity contribution is 6.31. The maximum absolute atomic E-state index is 12.8. The third-order valence-corrected chi connectivity index (χ3v) is 5.79. The van der Waals surface area contributed by atoms with E-state index in [-0.39, 0.29) is 11.5 Å². The summed E-state index contributed by atoms with van der Waals surface area (Å²) < 4.78 is 0. The minimum atomic E-state index is -1.07. The standard InChI is InChI=1S/C23H21Cl2N5O3/c24-17-4-1-3-15(13-17)22(31)26-18-14-16(23(32)33)5-6-19(18)29-9-2-10-30(12-11-29)21-8-7-20(25)27-28-21/h1,3-8,13-14H,2,9-12H2,(H,26,31)(H,32,33). The molecule has 10 heteroatoms. The summed E-state index contributed by atoms with van der Waals surface area (Å²) in [5, 5.41) is 21.2. The van der Waals surface area contributed by atoms with Crippen LogP contribution in [0.1, 0.15) is 27.1 Å². The summed E-state index contributed by atoms with van der Waals surface area (Å²) in [7, 11) is 0. The molecule has 1 aliphatic rings. The lowest BCUT2D eigenvalue weighted by Crippen LogP contribution is -2.32. The fourth-order valence-electron chi connectivity index (χ4n) is 3.73. The predicted octanol–water partition coefficient (Wildman–Crippen LogP) is 4.45. The van der Waals surface area contributed by atoms with Crippen LogP contribution >= 0.6 is 23.2 Å². The van der Waals surface area contributed by atoms with Crippen LogP contribution in [0.15, 0.2) is 54.6 Å². The maximum atomic E-state index is 12.8. The van der Waals surface area contributed by atoms with E-state index in [1.807, 2.05) is 6.07 Å². The van der Waals surface area contributed by atoms with Crippen molar-refractivity contribution in [2.24, 2.45) is 0 Å². The number of amides is 1. The van der Waals surface area contributed by atoms with Crippen molar-refractivity contribution in [3.05, 3.63) is 75.9 Å². The molecule has 0 spiro atoms. The second-order valence-electron chi connectivity index (χ2n) is 7.54. The summed E-state index contributed by atoms with van der Waals surface area (Å²) in [4.78, 5) is 28.6. The number of aromatic carboxylic acids is 1. The first-order valence-corrected chi connectivity index (χ1v) is 11.1. The first-order chi connectivity index (χ1) is 15.9. The number of aromatic nitrogens is 2. The maximum Gasteiger partial charge on any atom is 0.335 e. The van der Waals surface area contributed by atoms with Gasteiger partial charge >= 0.3 is 5.97 Å². The van der Waals surface area contributed by atoms with Crippen LogP contribution in [0.4, 0.5) is 17.2 Å². The van der Waals surface area contributed by atoms with Crippen LogP contribution in [-0.4, -0.2) is 53.4 Å². The minimum Gasteiger partial charge on any atom is -0.478 e. The van der Waals surface area contributed by atoms with Gasteiger partial charge in [-0.25, -0.2) is 4.79 Å². The molecule has 1 aliphatic heterocycles. The van der Waals surface area contributed by atoms with Gasteiger partial charge in [-0.15, -0.1) is 10.2 Å². The molecular formula is C23H21Cl2N5O3. The predicted molar refractivity (Wildman–Crippen MR) is 129 cm³/mol. The van der Waals surface area contributed by atoms with Crippen molar-refractivity contribution in [3.8, 4) is 0 Å². The first kappa shape index (κ1) is 22.8. The Morgan fingerprint density at radius 2 is 1.67 bits per heavy atom. The normalized spacial score (nSPS) is 14.0. The molecule has 0 saturated carbocycles. The number of nitrogens with one attached hydrogen (secondary N) is 1. The minimum absolute atomic E-state index is 0.0908. The van der Waals surface area contributed by atoms with E-state index in [1.165, 1.54) is 6.07 Å². The number of halogens is 2. The van der Waals surface area contributed by atoms with Gasteiger partial charge in [0.2, 0.25) is 0 Å². The summed E-state index contributed by atoms with van der Waals surface area (Å²) in [5.74, 6) is -0.686. The number of carbonyl (C=O) groups excluding carboxylic acids is 1. The number of carboxylic acids is 1. The monoisotopic (exact) mass is 485 g/mol. The fraction of sp³-hybridized carbons (Fsp3) is 0.217. The molecule has 4 rings (SSSR count). The van der Waals surface area contributed by atoms with E-state index in [0.29, 0.717) is 34.5 Å². The van der Waals surface area contributed by atoms with E-state index in [9.17, 15) is 14.7 Å². The average Bonchev–Trinajstić information content (AvgIpc) is 3.06. The smallest absolute Gasteiger partial charge is 0.335 e. The van der Waals surface area contributed by atoms with Crippen molar-refractivity contribution in [3.63, 3.8) is 0 Å². The van der Waals surface area contributed by atoms with Crippen molar-refractivity contribution >= 4 is 52.3 Å². The van der Waals surface area contributed by atoms with Crippen molar-refractivity contribution < 1.29 is 14.7 Å². The van der Waals surface area contributed by atoms with Crippen LogP contribution < -0.4 is 15.1 Å².